The highest BCUT2D eigenvalue weighted by Gasteiger charge is 2.40. The average molecular weight is 549 g/mol. The SMILES string of the molecule is CCOC(=O)c1ccccc1N1C(=O)C(Cl)=C(Nc2ccc(C(=O)Oc3ccc(C(=O)OC)cc3)cc2)C1=O. The van der Waals surface area contributed by atoms with Gasteiger partial charge >= 0.3 is 17.9 Å². The zero-order valence-corrected chi connectivity index (χ0v) is 21.5. The van der Waals surface area contributed by atoms with E-state index in [1.54, 1.807) is 19.1 Å². The van der Waals surface area contributed by atoms with Crippen molar-refractivity contribution in [2.24, 2.45) is 0 Å². The fourth-order valence-corrected chi connectivity index (χ4v) is 3.87. The number of halogens is 1. The van der Waals surface area contributed by atoms with Crippen LogP contribution in [-0.4, -0.2) is 43.4 Å². The number of anilines is 2. The average Bonchev–Trinajstić information content (AvgIpc) is 3.16. The maximum Gasteiger partial charge on any atom is 0.343 e. The summed E-state index contributed by atoms with van der Waals surface area (Å²) < 4.78 is 15.0. The van der Waals surface area contributed by atoms with Crippen molar-refractivity contribution in [3.63, 3.8) is 0 Å². The van der Waals surface area contributed by atoms with Crippen LogP contribution in [0.1, 0.15) is 38.0 Å². The van der Waals surface area contributed by atoms with Gasteiger partial charge < -0.3 is 19.5 Å². The van der Waals surface area contributed by atoms with Gasteiger partial charge in [-0.25, -0.2) is 19.3 Å². The zero-order valence-electron chi connectivity index (χ0n) is 20.7. The number of hydrogen-bond acceptors (Lipinski definition) is 9. The van der Waals surface area contributed by atoms with Gasteiger partial charge in [-0.2, -0.15) is 0 Å². The maximum atomic E-state index is 13.2. The molecule has 39 heavy (non-hydrogen) atoms. The quantitative estimate of drug-likeness (QED) is 0.249. The molecule has 0 unspecified atom stereocenters. The Morgan fingerprint density at radius 1 is 0.821 bits per heavy atom. The second-order valence-electron chi connectivity index (χ2n) is 7.98. The van der Waals surface area contributed by atoms with E-state index >= 15 is 0 Å². The van der Waals surface area contributed by atoms with Gasteiger partial charge in [0.1, 0.15) is 16.5 Å². The summed E-state index contributed by atoms with van der Waals surface area (Å²) in [5, 5.41) is 2.44. The molecule has 1 aliphatic rings. The Labute approximate surface area is 227 Å². The number of imide groups is 1. The van der Waals surface area contributed by atoms with E-state index in [2.05, 4.69) is 10.1 Å². The Morgan fingerprint density at radius 2 is 1.44 bits per heavy atom. The van der Waals surface area contributed by atoms with E-state index in [0.29, 0.717) is 11.3 Å². The Kier molecular flexibility index (Phi) is 8.07. The molecule has 2 amide bonds. The lowest BCUT2D eigenvalue weighted by atomic mass is 10.1. The molecule has 1 N–H and O–H groups in total. The molecule has 4 rings (SSSR count). The van der Waals surface area contributed by atoms with Crippen LogP contribution in [0.5, 0.6) is 5.75 Å². The first-order valence-corrected chi connectivity index (χ1v) is 11.9. The summed E-state index contributed by atoms with van der Waals surface area (Å²) >= 11 is 6.21. The number of nitrogens with zero attached hydrogens (tertiary/aromatic N) is 1. The Hall–Kier alpha value is -4.96. The largest absolute Gasteiger partial charge is 0.465 e. The Balaban J connectivity index is 1.47. The number of rotatable bonds is 8. The predicted octanol–water partition coefficient (Wildman–Crippen LogP) is 4.30. The van der Waals surface area contributed by atoms with Gasteiger partial charge in [0.15, 0.2) is 0 Å². The van der Waals surface area contributed by atoms with Gasteiger partial charge in [0.05, 0.1) is 36.1 Å². The minimum atomic E-state index is -0.806. The van der Waals surface area contributed by atoms with Crippen LogP contribution in [0.3, 0.4) is 0 Å². The van der Waals surface area contributed by atoms with Crippen molar-refractivity contribution in [2.45, 2.75) is 6.92 Å². The van der Waals surface area contributed by atoms with Crippen LogP contribution in [0, 0.1) is 0 Å². The molecule has 11 heteroatoms. The molecule has 1 heterocycles. The lowest BCUT2D eigenvalue weighted by Crippen LogP contribution is -2.33. The minimum absolute atomic E-state index is 0.0366. The molecule has 0 aromatic heterocycles. The highest BCUT2D eigenvalue weighted by atomic mass is 35.5. The number of carbonyl (C=O) groups is 5. The van der Waals surface area contributed by atoms with Gasteiger partial charge in [-0.05, 0) is 67.6 Å². The fourth-order valence-electron chi connectivity index (χ4n) is 3.66. The van der Waals surface area contributed by atoms with Crippen LogP contribution in [0.4, 0.5) is 11.4 Å². The van der Waals surface area contributed by atoms with Gasteiger partial charge in [0.2, 0.25) is 0 Å². The second kappa shape index (κ2) is 11.6. The molecule has 0 saturated carbocycles. The lowest BCUT2D eigenvalue weighted by molar-refractivity contribution is -0.120. The Bertz CT molecular complexity index is 1500. The van der Waals surface area contributed by atoms with Crippen molar-refractivity contribution in [1.82, 2.24) is 0 Å². The minimum Gasteiger partial charge on any atom is -0.465 e. The van der Waals surface area contributed by atoms with Crippen molar-refractivity contribution >= 4 is 52.7 Å². The predicted molar refractivity (Wildman–Crippen MR) is 141 cm³/mol. The van der Waals surface area contributed by atoms with Crippen LogP contribution < -0.4 is 15.0 Å². The number of para-hydroxylation sites is 1. The first kappa shape index (κ1) is 27.1. The van der Waals surface area contributed by atoms with Crippen LogP contribution in [-0.2, 0) is 19.1 Å². The van der Waals surface area contributed by atoms with Crippen molar-refractivity contribution in [3.8, 4) is 5.75 Å². The standard InChI is InChI=1S/C28H21ClN2O8/c1-3-38-28(36)20-6-4-5-7-21(20)31-24(32)22(29)23(25(31)33)30-18-12-8-17(9-13-18)27(35)39-19-14-10-16(11-15-19)26(34)37-2/h4-15,30H,3H2,1-2H3. The number of nitrogens with one attached hydrogen (secondary N) is 1. The van der Waals surface area contributed by atoms with Gasteiger partial charge in [-0.3, -0.25) is 9.59 Å². The van der Waals surface area contributed by atoms with Crippen LogP contribution >= 0.6 is 11.6 Å². The second-order valence-corrected chi connectivity index (χ2v) is 8.36. The molecule has 0 fully saturated rings. The highest BCUT2D eigenvalue weighted by molar-refractivity contribution is 6.53. The fraction of sp³-hybridized carbons (Fsp3) is 0.107. The van der Waals surface area contributed by atoms with E-state index in [1.807, 2.05) is 0 Å². The highest BCUT2D eigenvalue weighted by Crippen LogP contribution is 2.32. The van der Waals surface area contributed by atoms with Crippen LogP contribution in [0.25, 0.3) is 0 Å². The van der Waals surface area contributed by atoms with E-state index in [0.717, 1.165) is 4.90 Å². The van der Waals surface area contributed by atoms with Crippen molar-refractivity contribution < 1.29 is 38.2 Å². The third-order valence-corrected chi connectivity index (χ3v) is 5.89. The topological polar surface area (TPSA) is 128 Å². The van der Waals surface area contributed by atoms with E-state index in [4.69, 9.17) is 21.1 Å². The van der Waals surface area contributed by atoms with E-state index < -0.39 is 29.7 Å². The number of amides is 2. The van der Waals surface area contributed by atoms with Crippen LogP contribution in [0.2, 0.25) is 0 Å². The number of carbonyl (C=O) groups excluding carboxylic acids is 5. The molecule has 0 bridgehead atoms. The monoisotopic (exact) mass is 548 g/mol. The molecular formula is C28H21ClN2O8. The normalized spacial score (nSPS) is 12.8. The maximum absolute atomic E-state index is 13.2. The zero-order chi connectivity index (χ0) is 28.1. The summed E-state index contributed by atoms with van der Waals surface area (Å²) in [6.45, 7) is 1.76. The summed E-state index contributed by atoms with van der Waals surface area (Å²) in [5.74, 6) is -3.20. The van der Waals surface area contributed by atoms with Gasteiger partial charge in [0.25, 0.3) is 11.8 Å². The number of ether oxygens (including phenoxy) is 3. The summed E-state index contributed by atoms with van der Waals surface area (Å²) in [6.07, 6.45) is 0. The van der Waals surface area contributed by atoms with Crippen LogP contribution in [0.15, 0.2) is 83.5 Å². The summed E-state index contributed by atoms with van der Waals surface area (Å²) in [7, 11) is 1.26. The first-order chi connectivity index (χ1) is 18.7. The smallest absolute Gasteiger partial charge is 0.343 e. The van der Waals surface area contributed by atoms with E-state index in [1.165, 1.54) is 67.8 Å². The molecule has 0 spiro atoms. The molecule has 0 aliphatic carbocycles. The summed E-state index contributed by atoms with van der Waals surface area (Å²) in [6, 6.07) is 17.8. The number of benzene rings is 3. The number of methoxy groups -OCH3 is 1. The van der Waals surface area contributed by atoms with Crippen molar-refractivity contribution in [2.75, 3.05) is 23.9 Å². The van der Waals surface area contributed by atoms with Gasteiger partial charge in [-0.1, -0.05) is 23.7 Å². The molecule has 1 aliphatic heterocycles. The van der Waals surface area contributed by atoms with E-state index in [-0.39, 0.29) is 39.9 Å². The first-order valence-electron chi connectivity index (χ1n) is 11.6. The van der Waals surface area contributed by atoms with Gasteiger partial charge in [0, 0.05) is 5.69 Å². The van der Waals surface area contributed by atoms with E-state index in [9.17, 15) is 24.0 Å². The molecule has 0 radical (unpaired) electrons. The summed E-state index contributed by atoms with van der Waals surface area (Å²) in [4.78, 5) is 63.3. The molecule has 10 nitrogen and oxygen atoms in total. The molecule has 0 saturated heterocycles. The third-order valence-electron chi connectivity index (χ3n) is 5.54. The molecular weight excluding hydrogens is 528 g/mol. The molecule has 3 aromatic rings. The molecule has 0 atom stereocenters. The Morgan fingerprint density at radius 3 is 2.08 bits per heavy atom. The van der Waals surface area contributed by atoms with Crippen molar-refractivity contribution in [1.29, 1.82) is 0 Å². The molecule has 3 aromatic carbocycles. The van der Waals surface area contributed by atoms with Crippen molar-refractivity contribution in [3.05, 3.63) is 100 Å². The number of hydrogen-bond donors (Lipinski definition) is 1. The summed E-state index contributed by atoms with van der Waals surface area (Å²) in [5.41, 5.74) is 0.762. The molecule has 198 valence electrons. The number of esters is 3. The lowest BCUT2D eigenvalue weighted by Gasteiger charge is -2.18. The van der Waals surface area contributed by atoms with Gasteiger partial charge in [-0.15, -0.1) is 0 Å². The third kappa shape index (κ3) is 5.65.